The molecule has 1 amide bonds. The van der Waals surface area contributed by atoms with Crippen molar-refractivity contribution in [2.24, 2.45) is 16.8 Å². The summed E-state index contributed by atoms with van der Waals surface area (Å²) >= 11 is 5.99. The predicted octanol–water partition coefficient (Wildman–Crippen LogP) is 4.52. The van der Waals surface area contributed by atoms with Crippen LogP contribution in [0.2, 0.25) is 5.02 Å². The van der Waals surface area contributed by atoms with E-state index in [0.29, 0.717) is 35.4 Å². The number of carbonyl (C=O) groups excluding carboxylic acids is 1. The molecule has 0 radical (unpaired) electrons. The summed E-state index contributed by atoms with van der Waals surface area (Å²) in [6.45, 7) is 9.03. The number of carbonyl (C=O) groups is 1. The summed E-state index contributed by atoms with van der Waals surface area (Å²) < 4.78 is 0. The van der Waals surface area contributed by atoms with Gasteiger partial charge in [0.25, 0.3) is 0 Å². The van der Waals surface area contributed by atoms with Crippen molar-refractivity contribution in [3.63, 3.8) is 0 Å². The molecule has 5 nitrogen and oxygen atoms in total. The summed E-state index contributed by atoms with van der Waals surface area (Å²) in [4.78, 5) is 19.9. The Morgan fingerprint density at radius 3 is 2.69 bits per heavy atom. The van der Waals surface area contributed by atoms with Gasteiger partial charge in [0, 0.05) is 23.2 Å². The highest BCUT2D eigenvalue weighted by atomic mass is 35.5. The zero-order valence-electron chi connectivity index (χ0n) is 15.8. The van der Waals surface area contributed by atoms with Crippen LogP contribution in [0.15, 0.2) is 23.2 Å². The third-order valence-electron chi connectivity index (χ3n) is 4.18. The van der Waals surface area contributed by atoms with Gasteiger partial charge in [-0.15, -0.1) is 0 Å². The Bertz CT molecular complexity index is 781. The molecule has 0 spiro atoms. The fraction of sp³-hybridized carbons (Fsp3) is 0.500. The molecule has 3 N–H and O–H groups in total. The van der Waals surface area contributed by atoms with Crippen LogP contribution in [-0.2, 0) is 4.79 Å². The van der Waals surface area contributed by atoms with Gasteiger partial charge in [0.05, 0.1) is 11.1 Å². The van der Waals surface area contributed by atoms with Crippen molar-refractivity contribution < 1.29 is 9.90 Å². The van der Waals surface area contributed by atoms with E-state index in [0.717, 1.165) is 17.3 Å². The van der Waals surface area contributed by atoms with Crippen LogP contribution in [0.1, 0.15) is 46.1 Å². The number of H-pyrrole nitrogens is 1. The minimum absolute atomic E-state index is 0.0227. The van der Waals surface area contributed by atoms with Gasteiger partial charge in [0.2, 0.25) is 5.91 Å². The number of hydrogen-bond acceptors (Lipinski definition) is 3. The molecule has 1 heterocycles. The minimum atomic E-state index is -0.473. The molecule has 1 aromatic heterocycles. The molecule has 1 atom stereocenters. The topological polar surface area (TPSA) is 77.5 Å². The summed E-state index contributed by atoms with van der Waals surface area (Å²) in [6, 6.07) is 4.87. The minimum Gasteiger partial charge on any atom is -0.494 e. The lowest BCUT2D eigenvalue weighted by Gasteiger charge is -2.15. The largest absolute Gasteiger partial charge is 0.494 e. The molecule has 0 aliphatic rings. The standard InChI is InChI=1S/C20H28ClN3O2/c1-12(2)7-8-22-20(26)18(9-13(3)4)23-11-16-15-6-5-14(21)10-17(15)24-19(16)25/h5-6,10-13,18,24-25H,7-9H2,1-4H3,(H,22,26)/t18-/m0/s1. The number of aliphatic imine (C=N–C) groups is 1. The number of benzene rings is 1. The van der Waals surface area contributed by atoms with E-state index in [1.807, 2.05) is 6.07 Å². The number of nitrogens with one attached hydrogen (secondary N) is 2. The second-order valence-corrected chi connectivity index (χ2v) is 7.91. The monoisotopic (exact) mass is 377 g/mol. The number of aromatic nitrogens is 1. The van der Waals surface area contributed by atoms with Crippen molar-refractivity contribution in [3.05, 3.63) is 28.8 Å². The Morgan fingerprint density at radius 1 is 1.31 bits per heavy atom. The lowest BCUT2D eigenvalue weighted by atomic mass is 10.0. The van der Waals surface area contributed by atoms with Crippen LogP contribution < -0.4 is 5.32 Å². The molecular weight excluding hydrogens is 350 g/mol. The first-order chi connectivity index (χ1) is 12.3. The Morgan fingerprint density at radius 2 is 2.04 bits per heavy atom. The number of aromatic amines is 1. The number of fused-ring (bicyclic) bond motifs is 1. The Hall–Kier alpha value is -2.01. The first kappa shape index (κ1) is 20.3. The number of hydrogen-bond donors (Lipinski definition) is 3. The average Bonchev–Trinajstić information content (AvgIpc) is 2.85. The summed E-state index contributed by atoms with van der Waals surface area (Å²) in [5.41, 5.74) is 1.30. The molecule has 142 valence electrons. The number of halogens is 1. The summed E-state index contributed by atoms with van der Waals surface area (Å²) in [5, 5.41) is 14.5. The van der Waals surface area contributed by atoms with E-state index in [4.69, 9.17) is 11.6 Å². The summed E-state index contributed by atoms with van der Waals surface area (Å²) in [5.74, 6) is 0.827. The van der Waals surface area contributed by atoms with E-state index in [2.05, 4.69) is 43.0 Å². The predicted molar refractivity (Wildman–Crippen MR) is 108 cm³/mol. The fourth-order valence-corrected chi connectivity index (χ4v) is 2.93. The van der Waals surface area contributed by atoms with Gasteiger partial charge in [-0.05, 0) is 36.8 Å². The molecule has 26 heavy (non-hydrogen) atoms. The van der Waals surface area contributed by atoms with Gasteiger partial charge in [-0.3, -0.25) is 9.79 Å². The molecule has 0 bridgehead atoms. The molecule has 0 unspecified atom stereocenters. The van der Waals surface area contributed by atoms with Crippen molar-refractivity contribution in [1.82, 2.24) is 10.3 Å². The van der Waals surface area contributed by atoms with Crippen LogP contribution in [0, 0.1) is 11.8 Å². The van der Waals surface area contributed by atoms with Crippen molar-refractivity contribution in [2.45, 2.75) is 46.6 Å². The average molecular weight is 378 g/mol. The van der Waals surface area contributed by atoms with E-state index in [9.17, 15) is 9.90 Å². The quantitative estimate of drug-likeness (QED) is 0.591. The van der Waals surface area contributed by atoms with Crippen LogP contribution in [0.25, 0.3) is 10.9 Å². The van der Waals surface area contributed by atoms with Gasteiger partial charge in [0.1, 0.15) is 6.04 Å². The maximum atomic E-state index is 12.5. The smallest absolute Gasteiger partial charge is 0.244 e. The van der Waals surface area contributed by atoms with E-state index >= 15 is 0 Å². The van der Waals surface area contributed by atoms with Crippen LogP contribution >= 0.6 is 11.6 Å². The van der Waals surface area contributed by atoms with E-state index in [-0.39, 0.29) is 11.8 Å². The molecule has 0 aliphatic heterocycles. The number of nitrogens with zero attached hydrogens (tertiary/aromatic N) is 1. The first-order valence-corrected chi connectivity index (χ1v) is 9.46. The Balaban J connectivity index is 2.19. The second kappa shape index (κ2) is 9.08. The number of aromatic hydroxyl groups is 1. The van der Waals surface area contributed by atoms with Gasteiger partial charge >= 0.3 is 0 Å². The van der Waals surface area contributed by atoms with Crippen molar-refractivity contribution in [2.75, 3.05) is 6.54 Å². The number of amides is 1. The third-order valence-corrected chi connectivity index (χ3v) is 4.42. The zero-order chi connectivity index (χ0) is 19.3. The molecule has 0 saturated heterocycles. The molecule has 0 fully saturated rings. The highest BCUT2D eigenvalue weighted by Gasteiger charge is 2.19. The van der Waals surface area contributed by atoms with Crippen LogP contribution in [0.3, 0.4) is 0 Å². The van der Waals surface area contributed by atoms with Crippen molar-refractivity contribution >= 4 is 34.6 Å². The van der Waals surface area contributed by atoms with Crippen LogP contribution in [0.5, 0.6) is 5.88 Å². The number of rotatable bonds is 8. The molecular formula is C20H28ClN3O2. The first-order valence-electron chi connectivity index (χ1n) is 9.09. The van der Waals surface area contributed by atoms with Gasteiger partial charge in [0.15, 0.2) is 5.88 Å². The van der Waals surface area contributed by atoms with Crippen LogP contribution in [0.4, 0.5) is 0 Å². The molecule has 2 rings (SSSR count). The molecule has 0 saturated carbocycles. The van der Waals surface area contributed by atoms with Crippen molar-refractivity contribution in [3.8, 4) is 5.88 Å². The Labute approximate surface area is 159 Å². The fourth-order valence-electron chi connectivity index (χ4n) is 2.76. The second-order valence-electron chi connectivity index (χ2n) is 7.47. The van der Waals surface area contributed by atoms with Gasteiger partial charge < -0.3 is 15.4 Å². The highest BCUT2D eigenvalue weighted by molar-refractivity contribution is 6.31. The van der Waals surface area contributed by atoms with E-state index < -0.39 is 6.04 Å². The van der Waals surface area contributed by atoms with Gasteiger partial charge in [-0.25, -0.2) is 0 Å². The molecule has 2 aromatic rings. The lowest BCUT2D eigenvalue weighted by Crippen LogP contribution is -2.35. The Kier molecular flexibility index (Phi) is 7.09. The summed E-state index contributed by atoms with van der Waals surface area (Å²) in [7, 11) is 0. The van der Waals surface area contributed by atoms with Gasteiger partial charge in [-0.1, -0.05) is 45.4 Å². The maximum absolute atomic E-state index is 12.5. The third kappa shape index (κ3) is 5.49. The van der Waals surface area contributed by atoms with E-state index in [1.54, 1.807) is 18.3 Å². The highest BCUT2D eigenvalue weighted by Crippen LogP contribution is 2.28. The van der Waals surface area contributed by atoms with Crippen LogP contribution in [-0.4, -0.2) is 34.8 Å². The van der Waals surface area contributed by atoms with E-state index in [1.165, 1.54) is 0 Å². The zero-order valence-corrected chi connectivity index (χ0v) is 16.6. The maximum Gasteiger partial charge on any atom is 0.244 e. The lowest BCUT2D eigenvalue weighted by molar-refractivity contribution is -0.122. The summed E-state index contributed by atoms with van der Waals surface area (Å²) in [6.07, 6.45) is 3.17. The van der Waals surface area contributed by atoms with Crippen molar-refractivity contribution in [1.29, 1.82) is 0 Å². The normalized spacial score (nSPS) is 13.2. The SMILES string of the molecule is CC(C)CCNC(=O)[C@H](CC(C)C)N=Cc1c(O)[nH]c2cc(Cl)ccc12. The molecule has 6 heteroatoms. The molecule has 0 aliphatic carbocycles. The van der Waals surface area contributed by atoms with Gasteiger partial charge in [-0.2, -0.15) is 0 Å². The molecule has 1 aromatic carbocycles.